The molecule has 0 spiro atoms. The van der Waals surface area contributed by atoms with Crippen molar-refractivity contribution in [2.75, 3.05) is 0 Å². The van der Waals surface area contributed by atoms with Crippen molar-refractivity contribution < 1.29 is 34.4 Å². The molecule has 0 bridgehead atoms. The second kappa shape index (κ2) is 19.9. The van der Waals surface area contributed by atoms with Gasteiger partial charge in [-0.15, -0.1) is 23.8 Å². The standard InChI is InChI=1S/C64H64N3O.Pt/c1-11-63(9,12-2)54-23-19-24-55(64(10,13-3)14-4)59(54)48-30-31-57(43(7)36-48)67-58-25-18-22-52(60(58)66-62(67)53-35-42(6)34-44(8)61(53)68)50-37-49(45-20-16-15-17-21-45)38-51(39-50)56-40-47(32-33-65-56)46-28-26-41(5)27-29-46;/h15-38,40,68H,11-14H2,1-10H3;/q-1;/i5D3,7D3;. The van der Waals surface area contributed by atoms with Crippen molar-refractivity contribution in [3.05, 3.63) is 191 Å². The molecule has 4 nitrogen and oxygen atoms in total. The van der Waals surface area contributed by atoms with Gasteiger partial charge in [-0.1, -0.05) is 167 Å². The largest absolute Gasteiger partial charge is 0.507 e. The van der Waals surface area contributed by atoms with Gasteiger partial charge in [0.05, 0.1) is 22.3 Å². The first-order valence-corrected chi connectivity index (χ1v) is 24.0. The molecule has 0 unspecified atom stereocenters. The Bertz CT molecular complexity index is 3500. The van der Waals surface area contributed by atoms with E-state index in [9.17, 15) is 9.22 Å². The monoisotopic (exact) mass is 1090 g/mol. The Kier molecular flexibility index (Phi) is 12.0. The van der Waals surface area contributed by atoms with Crippen LogP contribution in [0.2, 0.25) is 0 Å². The number of hydrogen-bond donors (Lipinski definition) is 1. The van der Waals surface area contributed by atoms with Gasteiger partial charge in [-0.05, 0) is 150 Å². The zero-order valence-electron chi connectivity index (χ0n) is 46.9. The number of benzene rings is 7. The van der Waals surface area contributed by atoms with E-state index >= 15 is 0 Å². The summed E-state index contributed by atoms with van der Waals surface area (Å²) in [5, 5.41) is 12.0. The van der Waals surface area contributed by atoms with E-state index in [2.05, 4.69) is 96.1 Å². The normalized spacial score (nSPS) is 13.4. The molecule has 69 heavy (non-hydrogen) atoms. The fraction of sp³-hybridized carbons (Fsp3) is 0.250. The number of aryl methyl sites for hydroxylation is 4. The SMILES string of the molecule is [2H]C([2H])([2H])c1ccc(-c2ccnc(-c3[c-]c(-c4cccc5c4nc(-c4cc(C)cc(C)c4O)n5-c4ccc(-c5c(C(C)(CC)CC)cccc5C(C)(CC)CC)cc4C([2H])([2H])[2H])cc(-c4ccccc4)c3)c2)cc1.[Pt]. The van der Waals surface area contributed by atoms with E-state index in [0.717, 1.165) is 81.3 Å². The number of phenolic OH excluding ortho intramolecular Hbond substituents is 1. The van der Waals surface area contributed by atoms with Crippen LogP contribution in [0, 0.1) is 33.6 Å². The van der Waals surface area contributed by atoms with Gasteiger partial charge >= 0.3 is 0 Å². The second-order valence-electron chi connectivity index (χ2n) is 19.0. The average molecular weight is 1090 g/mol. The van der Waals surface area contributed by atoms with Crippen LogP contribution in [0.25, 0.3) is 83.9 Å². The number of phenols is 1. The first-order chi connectivity index (χ1) is 35.2. The summed E-state index contributed by atoms with van der Waals surface area (Å²) in [4.78, 5) is 10.3. The Hall–Kier alpha value is -6.35. The van der Waals surface area contributed by atoms with Crippen LogP contribution in [-0.4, -0.2) is 19.6 Å². The minimum Gasteiger partial charge on any atom is -0.507 e. The Morgan fingerprint density at radius 1 is 0.580 bits per heavy atom. The van der Waals surface area contributed by atoms with Crippen molar-refractivity contribution in [2.45, 2.75) is 106 Å². The third-order valence-corrected chi connectivity index (χ3v) is 14.9. The maximum atomic E-state index is 12.0. The van der Waals surface area contributed by atoms with E-state index in [0.29, 0.717) is 39.4 Å². The Morgan fingerprint density at radius 3 is 1.90 bits per heavy atom. The molecule has 0 aliphatic heterocycles. The van der Waals surface area contributed by atoms with Crippen LogP contribution in [0.15, 0.2) is 152 Å². The Balaban J connectivity index is 0.00000747. The molecule has 5 heteroatoms. The summed E-state index contributed by atoms with van der Waals surface area (Å²) in [6.45, 7) is 12.6. The Morgan fingerprint density at radius 2 is 1.23 bits per heavy atom. The second-order valence-corrected chi connectivity index (χ2v) is 19.0. The summed E-state index contributed by atoms with van der Waals surface area (Å²) in [7, 11) is 0. The molecule has 0 aliphatic rings. The van der Waals surface area contributed by atoms with Crippen molar-refractivity contribution in [2.24, 2.45) is 0 Å². The molecular weight excluding hydrogens is 1020 g/mol. The van der Waals surface area contributed by atoms with E-state index in [1.54, 1.807) is 18.3 Å². The molecule has 352 valence electrons. The van der Waals surface area contributed by atoms with Crippen LogP contribution in [0.5, 0.6) is 5.75 Å². The molecule has 2 aromatic heterocycles. The molecular formula is C64H64N3OPt-. The van der Waals surface area contributed by atoms with Crippen LogP contribution >= 0.6 is 0 Å². The predicted molar refractivity (Wildman–Crippen MR) is 287 cm³/mol. The maximum absolute atomic E-state index is 12.0. The number of nitrogens with zero attached hydrogens (tertiary/aromatic N) is 3. The predicted octanol–water partition coefficient (Wildman–Crippen LogP) is 17.3. The van der Waals surface area contributed by atoms with Crippen LogP contribution in [0.3, 0.4) is 0 Å². The third kappa shape index (κ3) is 9.17. The first-order valence-electron chi connectivity index (χ1n) is 27.0. The molecule has 7 aromatic carbocycles. The van der Waals surface area contributed by atoms with Gasteiger partial charge in [0.1, 0.15) is 11.6 Å². The minimum atomic E-state index is -2.56. The average Bonchev–Trinajstić information content (AvgIpc) is 3.82. The molecule has 0 amide bonds. The zero-order valence-corrected chi connectivity index (χ0v) is 43.1. The summed E-state index contributed by atoms with van der Waals surface area (Å²) in [5.74, 6) is 0.471. The molecule has 9 aromatic rings. The molecule has 1 N–H and O–H groups in total. The number of aromatic nitrogens is 3. The van der Waals surface area contributed by atoms with Gasteiger partial charge in [-0.25, -0.2) is 4.98 Å². The minimum absolute atomic E-state index is 0. The first kappa shape index (κ1) is 41.6. The number of aromatic hydroxyl groups is 1. The summed E-state index contributed by atoms with van der Waals surface area (Å²) < 4.78 is 53.4. The fourth-order valence-electron chi connectivity index (χ4n) is 9.96. The molecule has 0 fully saturated rings. The van der Waals surface area contributed by atoms with Gasteiger partial charge < -0.3 is 5.11 Å². The number of hydrogen-bond acceptors (Lipinski definition) is 3. The van der Waals surface area contributed by atoms with Crippen LogP contribution in [0.1, 0.15) is 109 Å². The third-order valence-electron chi connectivity index (χ3n) is 14.9. The summed E-state index contributed by atoms with van der Waals surface area (Å²) in [5.41, 5.74) is 14.9. The smallest absolute Gasteiger partial charge is 0.148 e. The molecule has 0 atom stereocenters. The number of rotatable bonds is 13. The van der Waals surface area contributed by atoms with Gasteiger partial charge in [0, 0.05) is 41.2 Å². The molecule has 0 aliphatic carbocycles. The van der Waals surface area contributed by atoms with E-state index in [-0.39, 0.29) is 48.8 Å². The van der Waals surface area contributed by atoms with Gasteiger partial charge in [-0.3, -0.25) is 9.55 Å². The van der Waals surface area contributed by atoms with Gasteiger partial charge in [0.2, 0.25) is 0 Å². The molecule has 9 rings (SSSR count). The maximum Gasteiger partial charge on any atom is 0.148 e. The van der Waals surface area contributed by atoms with Gasteiger partial charge in [0.25, 0.3) is 0 Å². The number of pyridine rings is 1. The number of fused-ring (bicyclic) bond motifs is 1. The van der Waals surface area contributed by atoms with Crippen molar-refractivity contribution in [1.29, 1.82) is 0 Å². The van der Waals surface area contributed by atoms with E-state index in [1.165, 1.54) is 11.1 Å². The molecule has 0 saturated heterocycles. The van der Waals surface area contributed by atoms with Crippen molar-refractivity contribution in [3.63, 3.8) is 0 Å². The number of para-hydroxylation sites is 1. The quantitative estimate of drug-likeness (QED) is 0.117. The summed E-state index contributed by atoms with van der Waals surface area (Å²) in [6.07, 6.45) is 5.44. The topological polar surface area (TPSA) is 50.9 Å². The Labute approximate surface area is 433 Å². The zero-order chi connectivity index (χ0) is 52.9. The number of imidazole rings is 1. The van der Waals surface area contributed by atoms with Crippen LogP contribution in [0.4, 0.5) is 0 Å². The van der Waals surface area contributed by atoms with Gasteiger partial charge in [-0.2, -0.15) is 0 Å². The summed E-state index contributed by atoms with van der Waals surface area (Å²) >= 11 is 0. The molecule has 2 heterocycles. The van der Waals surface area contributed by atoms with Crippen LogP contribution < -0.4 is 0 Å². The van der Waals surface area contributed by atoms with Crippen molar-refractivity contribution >= 4 is 11.0 Å². The fourth-order valence-corrected chi connectivity index (χ4v) is 9.96. The van der Waals surface area contributed by atoms with Crippen molar-refractivity contribution in [1.82, 2.24) is 14.5 Å². The van der Waals surface area contributed by atoms with E-state index in [1.807, 2.05) is 103 Å². The van der Waals surface area contributed by atoms with Crippen LogP contribution in [-0.2, 0) is 31.9 Å². The van der Waals surface area contributed by atoms with Crippen molar-refractivity contribution in [3.8, 4) is 78.6 Å². The van der Waals surface area contributed by atoms with Gasteiger partial charge in [0.15, 0.2) is 0 Å². The van der Waals surface area contributed by atoms with E-state index < -0.39 is 13.7 Å². The van der Waals surface area contributed by atoms with E-state index in [4.69, 9.17) is 14.1 Å². The molecule has 0 saturated carbocycles. The summed E-state index contributed by atoms with van der Waals surface area (Å²) in [6, 6.07) is 51.1. The molecule has 0 radical (unpaired) electrons.